The molecule has 3 nitrogen and oxygen atoms in total. The van der Waals surface area contributed by atoms with Crippen LogP contribution in [0.1, 0.15) is 37.3 Å². The zero-order chi connectivity index (χ0) is 16.4. The highest BCUT2D eigenvalue weighted by Gasteiger charge is 2.25. The van der Waals surface area contributed by atoms with Gasteiger partial charge in [0, 0.05) is 19.5 Å². The fourth-order valence-electron chi connectivity index (χ4n) is 1.86. The summed E-state index contributed by atoms with van der Waals surface area (Å²) in [6, 6.07) is 8.10. The summed E-state index contributed by atoms with van der Waals surface area (Å²) >= 11 is 0. The van der Waals surface area contributed by atoms with Crippen molar-refractivity contribution in [2.24, 2.45) is 4.99 Å². The van der Waals surface area contributed by atoms with E-state index in [1.54, 1.807) is 0 Å². The quantitative estimate of drug-likeness (QED) is 0.456. The highest BCUT2D eigenvalue weighted by atomic mass is 19.4. The first-order chi connectivity index (χ1) is 10.4. The maximum Gasteiger partial charge on any atom is 0.389 e. The molecule has 0 aliphatic rings. The molecular formula is C16H24F3N3. The molecule has 124 valence electrons. The van der Waals surface area contributed by atoms with Gasteiger partial charge >= 0.3 is 6.18 Å². The number of unbranched alkanes of at least 4 members (excludes halogenated alkanes) is 1. The van der Waals surface area contributed by atoms with Gasteiger partial charge in [0.15, 0.2) is 5.96 Å². The Balaban J connectivity index is 2.37. The minimum atomic E-state index is -4.07. The normalized spacial score (nSPS) is 12.3. The van der Waals surface area contributed by atoms with E-state index in [-0.39, 0.29) is 6.42 Å². The molecular weight excluding hydrogens is 291 g/mol. The van der Waals surface area contributed by atoms with Crippen LogP contribution in [0.2, 0.25) is 0 Å². The average Bonchev–Trinajstić information content (AvgIpc) is 2.44. The van der Waals surface area contributed by atoms with Crippen LogP contribution in [0.5, 0.6) is 0 Å². The number of nitrogens with zero attached hydrogens (tertiary/aromatic N) is 1. The molecule has 1 aromatic rings. The monoisotopic (exact) mass is 315 g/mol. The third-order valence-electron chi connectivity index (χ3n) is 3.06. The van der Waals surface area contributed by atoms with Crippen LogP contribution in [0, 0.1) is 6.92 Å². The average molecular weight is 315 g/mol. The third kappa shape index (κ3) is 8.54. The van der Waals surface area contributed by atoms with Crippen LogP contribution in [0.4, 0.5) is 13.2 Å². The molecule has 0 heterocycles. The topological polar surface area (TPSA) is 36.4 Å². The first-order valence-electron chi connectivity index (χ1n) is 7.55. The van der Waals surface area contributed by atoms with Crippen LogP contribution >= 0.6 is 0 Å². The van der Waals surface area contributed by atoms with Crippen molar-refractivity contribution >= 4 is 5.96 Å². The van der Waals surface area contributed by atoms with Crippen LogP contribution < -0.4 is 10.6 Å². The molecule has 0 saturated heterocycles. The third-order valence-corrected chi connectivity index (χ3v) is 3.06. The number of guanidine groups is 1. The van der Waals surface area contributed by atoms with Gasteiger partial charge in [0.05, 0.1) is 6.54 Å². The van der Waals surface area contributed by atoms with E-state index in [1.165, 1.54) is 5.56 Å². The largest absolute Gasteiger partial charge is 0.389 e. The Hall–Kier alpha value is -1.72. The van der Waals surface area contributed by atoms with Crippen molar-refractivity contribution in [3.05, 3.63) is 35.4 Å². The summed E-state index contributed by atoms with van der Waals surface area (Å²) in [5.41, 5.74) is 2.29. The number of rotatable bonds is 7. The van der Waals surface area contributed by atoms with Gasteiger partial charge in [0.25, 0.3) is 0 Å². The van der Waals surface area contributed by atoms with Crippen molar-refractivity contribution in [2.75, 3.05) is 13.1 Å². The number of halogens is 3. The molecule has 0 bridgehead atoms. The van der Waals surface area contributed by atoms with Gasteiger partial charge in [0.1, 0.15) is 0 Å². The molecule has 0 spiro atoms. The van der Waals surface area contributed by atoms with Gasteiger partial charge < -0.3 is 10.6 Å². The lowest BCUT2D eigenvalue weighted by Crippen LogP contribution is -2.37. The van der Waals surface area contributed by atoms with Gasteiger partial charge in [-0.1, -0.05) is 29.8 Å². The zero-order valence-electron chi connectivity index (χ0n) is 13.1. The molecule has 0 aliphatic heterocycles. The first kappa shape index (κ1) is 18.3. The summed E-state index contributed by atoms with van der Waals surface area (Å²) in [7, 11) is 0. The van der Waals surface area contributed by atoms with E-state index >= 15 is 0 Å². The Morgan fingerprint density at radius 2 is 1.77 bits per heavy atom. The highest BCUT2D eigenvalue weighted by molar-refractivity contribution is 5.79. The lowest BCUT2D eigenvalue weighted by atomic mass is 10.1. The minimum Gasteiger partial charge on any atom is -0.357 e. The molecule has 0 amide bonds. The van der Waals surface area contributed by atoms with Crippen molar-refractivity contribution in [1.29, 1.82) is 0 Å². The predicted molar refractivity (Wildman–Crippen MR) is 83.9 cm³/mol. The van der Waals surface area contributed by atoms with E-state index < -0.39 is 12.6 Å². The Bertz CT molecular complexity index is 453. The predicted octanol–water partition coefficient (Wildman–Crippen LogP) is 3.78. The van der Waals surface area contributed by atoms with Gasteiger partial charge in [-0.15, -0.1) is 0 Å². The van der Waals surface area contributed by atoms with Crippen molar-refractivity contribution in [2.45, 2.75) is 45.8 Å². The molecule has 1 rings (SSSR count). The standard InChI is InChI=1S/C16H24F3N3/c1-3-20-15(21-11-5-4-10-16(17,18)19)22-12-14-8-6-13(2)7-9-14/h6-9H,3-5,10-12H2,1-2H3,(H2,20,21,22). The second-order valence-electron chi connectivity index (χ2n) is 5.18. The van der Waals surface area contributed by atoms with Gasteiger partial charge in [0.2, 0.25) is 0 Å². The minimum absolute atomic E-state index is 0.133. The van der Waals surface area contributed by atoms with Crippen molar-refractivity contribution in [3.8, 4) is 0 Å². The molecule has 6 heteroatoms. The lowest BCUT2D eigenvalue weighted by Gasteiger charge is -2.11. The van der Waals surface area contributed by atoms with E-state index in [0.717, 1.165) is 5.56 Å². The van der Waals surface area contributed by atoms with Crippen LogP contribution in [0.15, 0.2) is 29.3 Å². The molecule has 0 radical (unpaired) electrons. The maximum atomic E-state index is 12.0. The summed E-state index contributed by atoms with van der Waals surface area (Å²) in [6.07, 6.45) is -4.20. The second-order valence-corrected chi connectivity index (χ2v) is 5.18. The summed E-state index contributed by atoms with van der Waals surface area (Å²) in [5, 5.41) is 6.15. The molecule has 0 saturated carbocycles. The zero-order valence-corrected chi connectivity index (χ0v) is 13.1. The summed E-state index contributed by atoms with van der Waals surface area (Å²) in [4.78, 5) is 4.43. The Morgan fingerprint density at radius 1 is 1.09 bits per heavy atom. The number of hydrogen-bond donors (Lipinski definition) is 2. The summed E-state index contributed by atoms with van der Waals surface area (Å²) in [6.45, 7) is 5.71. The molecule has 0 fully saturated rings. The van der Waals surface area contributed by atoms with Crippen molar-refractivity contribution in [3.63, 3.8) is 0 Å². The molecule has 0 unspecified atom stereocenters. The fraction of sp³-hybridized carbons (Fsp3) is 0.562. The molecule has 0 atom stereocenters. The molecule has 22 heavy (non-hydrogen) atoms. The van der Waals surface area contributed by atoms with E-state index in [4.69, 9.17) is 0 Å². The van der Waals surface area contributed by atoms with Crippen molar-refractivity contribution in [1.82, 2.24) is 10.6 Å². The Labute approximate surface area is 130 Å². The fourth-order valence-corrected chi connectivity index (χ4v) is 1.86. The SMILES string of the molecule is CCNC(=NCc1ccc(C)cc1)NCCCCC(F)(F)F. The van der Waals surface area contributed by atoms with Crippen LogP contribution in [-0.4, -0.2) is 25.2 Å². The van der Waals surface area contributed by atoms with E-state index in [1.807, 2.05) is 38.1 Å². The maximum absolute atomic E-state index is 12.0. The van der Waals surface area contributed by atoms with Crippen LogP contribution in [-0.2, 0) is 6.54 Å². The number of hydrogen-bond acceptors (Lipinski definition) is 1. The molecule has 2 N–H and O–H groups in total. The smallest absolute Gasteiger partial charge is 0.357 e. The second kappa shape index (κ2) is 9.33. The van der Waals surface area contributed by atoms with E-state index in [2.05, 4.69) is 15.6 Å². The van der Waals surface area contributed by atoms with Crippen LogP contribution in [0.25, 0.3) is 0 Å². The first-order valence-corrected chi connectivity index (χ1v) is 7.55. The van der Waals surface area contributed by atoms with E-state index in [0.29, 0.717) is 32.0 Å². The Kier molecular flexibility index (Phi) is 7.77. The van der Waals surface area contributed by atoms with Crippen LogP contribution in [0.3, 0.4) is 0 Å². The van der Waals surface area contributed by atoms with Gasteiger partial charge in [-0.2, -0.15) is 13.2 Å². The number of nitrogens with one attached hydrogen (secondary N) is 2. The number of aryl methyl sites for hydroxylation is 1. The van der Waals surface area contributed by atoms with Crippen molar-refractivity contribution < 1.29 is 13.2 Å². The highest BCUT2D eigenvalue weighted by Crippen LogP contribution is 2.21. The number of alkyl halides is 3. The number of benzene rings is 1. The molecule has 1 aromatic carbocycles. The van der Waals surface area contributed by atoms with Gasteiger partial charge in [-0.3, -0.25) is 0 Å². The number of aliphatic imine (C=N–C) groups is 1. The summed E-state index contributed by atoms with van der Waals surface area (Å²) in [5.74, 6) is 0.634. The Morgan fingerprint density at radius 3 is 2.36 bits per heavy atom. The molecule has 0 aliphatic carbocycles. The lowest BCUT2D eigenvalue weighted by molar-refractivity contribution is -0.135. The summed E-state index contributed by atoms with van der Waals surface area (Å²) < 4.78 is 36.1. The molecule has 0 aromatic heterocycles. The van der Waals surface area contributed by atoms with E-state index in [9.17, 15) is 13.2 Å². The van der Waals surface area contributed by atoms with Gasteiger partial charge in [-0.05, 0) is 32.3 Å². The van der Waals surface area contributed by atoms with Gasteiger partial charge in [-0.25, -0.2) is 4.99 Å².